The molecule has 0 bridgehead atoms. The molecule has 1 saturated carbocycles. The van der Waals surface area contributed by atoms with Crippen LogP contribution in [0.3, 0.4) is 0 Å². The summed E-state index contributed by atoms with van der Waals surface area (Å²) < 4.78 is 3.97. The highest BCUT2D eigenvalue weighted by Gasteiger charge is 2.15. The normalized spacial score (nSPS) is 17.9. The lowest BCUT2D eigenvalue weighted by Crippen LogP contribution is -2.08. The lowest BCUT2D eigenvalue weighted by atomic mass is 10.0. The van der Waals surface area contributed by atoms with Gasteiger partial charge in [0.1, 0.15) is 10.7 Å². The Morgan fingerprint density at radius 1 is 1.40 bits per heavy atom. The third-order valence-corrected chi connectivity index (χ3v) is 4.96. The van der Waals surface area contributed by atoms with Crippen LogP contribution in [0.15, 0.2) is 0 Å². The highest BCUT2D eigenvalue weighted by molar-refractivity contribution is 7.99. The summed E-state index contributed by atoms with van der Waals surface area (Å²) in [6, 6.07) is 0. The van der Waals surface area contributed by atoms with Crippen molar-refractivity contribution >= 4 is 28.3 Å². The van der Waals surface area contributed by atoms with E-state index >= 15 is 0 Å². The van der Waals surface area contributed by atoms with Gasteiger partial charge in [-0.1, -0.05) is 23.8 Å². The van der Waals surface area contributed by atoms with Gasteiger partial charge in [-0.15, -0.1) is 5.10 Å². The maximum absolute atomic E-state index is 4.16. The van der Waals surface area contributed by atoms with Gasteiger partial charge in [0.25, 0.3) is 0 Å². The van der Waals surface area contributed by atoms with E-state index in [9.17, 15) is 0 Å². The van der Waals surface area contributed by atoms with Crippen molar-refractivity contribution in [1.82, 2.24) is 9.59 Å². The summed E-state index contributed by atoms with van der Waals surface area (Å²) in [5, 5.41) is 9.28. The predicted molar refractivity (Wildman–Crippen MR) is 67.6 cm³/mol. The fourth-order valence-corrected chi connectivity index (χ4v) is 3.81. The molecule has 1 fully saturated rings. The largest absolute Gasteiger partial charge is 0.377 e. The topological polar surface area (TPSA) is 37.8 Å². The van der Waals surface area contributed by atoms with Crippen molar-refractivity contribution in [3.05, 3.63) is 5.69 Å². The molecule has 0 unspecified atom stereocenters. The number of thioether (sulfide) groups is 1. The predicted octanol–water partition coefficient (Wildman–Crippen LogP) is 3.15. The molecule has 1 N–H and O–H groups in total. The van der Waals surface area contributed by atoms with Crippen LogP contribution < -0.4 is 5.32 Å². The third-order valence-electron chi connectivity index (χ3n) is 2.79. The summed E-state index contributed by atoms with van der Waals surface area (Å²) in [6.07, 6.45) is 7.02. The molecule has 84 valence electrons. The van der Waals surface area contributed by atoms with Crippen molar-refractivity contribution in [2.75, 3.05) is 12.4 Å². The van der Waals surface area contributed by atoms with Crippen LogP contribution >= 0.6 is 23.3 Å². The van der Waals surface area contributed by atoms with Crippen LogP contribution in [0, 0.1) is 0 Å². The van der Waals surface area contributed by atoms with E-state index in [4.69, 9.17) is 0 Å². The van der Waals surface area contributed by atoms with Crippen molar-refractivity contribution in [3.63, 3.8) is 0 Å². The average Bonchev–Trinajstić information content (AvgIpc) is 2.75. The van der Waals surface area contributed by atoms with Gasteiger partial charge in [0.05, 0.1) is 0 Å². The number of hydrogen-bond acceptors (Lipinski definition) is 5. The van der Waals surface area contributed by atoms with Gasteiger partial charge in [0.2, 0.25) is 0 Å². The molecule has 1 aromatic rings. The Hall–Kier alpha value is -0.290. The summed E-state index contributed by atoms with van der Waals surface area (Å²) in [5.41, 5.74) is 1.12. The van der Waals surface area contributed by atoms with E-state index in [0.29, 0.717) is 0 Å². The summed E-state index contributed by atoms with van der Waals surface area (Å²) in [6.45, 7) is 0. The molecule has 0 aromatic carbocycles. The number of rotatable bonds is 4. The monoisotopic (exact) mass is 243 g/mol. The second kappa shape index (κ2) is 5.70. The standard InChI is InChI=1S/C10H17N3S2/c1-11-10-9(12-13-15-10)7-14-8-5-3-2-4-6-8/h8,11H,2-7H2,1H3. The van der Waals surface area contributed by atoms with E-state index in [1.54, 1.807) is 0 Å². The Morgan fingerprint density at radius 3 is 2.93 bits per heavy atom. The molecule has 0 radical (unpaired) electrons. The first kappa shape index (κ1) is 11.2. The van der Waals surface area contributed by atoms with Gasteiger partial charge < -0.3 is 5.32 Å². The number of hydrogen-bond donors (Lipinski definition) is 1. The first-order valence-corrected chi connectivity index (χ1v) is 7.33. The maximum atomic E-state index is 4.16. The first-order chi connectivity index (χ1) is 7.40. The Balaban J connectivity index is 1.81. The molecule has 15 heavy (non-hydrogen) atoms. The van der Waals surface area contributed by atoms with Crippen LogP contribution in [0.4, 0.5) is 5.00 Å². The van der Waals surface area contributed by atoms with Crippen molar-refractivity contribution in [2.45, 2.75) is 43.1 Å². The van der Waals surface area contributed by atoms with E-state index < -0.39 is 0 Å². The lowest BCUT2D eigenvalue weighted by molar-refractivity contribution is 0.516. The highest BCUT2D eigenvalue weighted by atomic mass is 32.2. The van der Waals surface area contributed by atoms with Gasteiger partial charge in [-0.05, 0) is 12.8 Å². The lowest BCUT2D eigenvalue weighted by Gasteiger charge is -2.20. The molecule has 3 nitrogen and oxygen atoms in total. The number of nitrogens with one attached hydrogen (secondary N) is 1. The molecule has 0 amide bonds. The zero-order chi connectivity index (χ0) is 10.5. The van der Waals surface area contributed by atoms with E-state index in [2.05, 4.69) is 14.9 Å². The van der Waals surface area contributed by atoms with Crippen molar-refractivity contribution in [2.24, 2.45) is 0 Å². The molecular formula is C10H17N3S2. The Bertz CT molecular complexity index is 295. The molecule has 5 heteroatoms. The van der Waals surface area contributed by atoms with E-state index in [1.165, 1.54) is 43.6 Å². The Morgan fingerprint density at radius 2 is 2.20 bits per heavy atom. The molecule has 1 aromatic heterocycles. The average molecular weight is 243 g/mol. The molecule has 2 rings (SSSR count). The molecule has 0 aliphatic heterocycles. The zero-order valence-electron chi connectivity index (χ0n) is 9.03. The quantitative estimate of drug-likeness (QED) is 0.881. The van der Waals surface area contributed by atoms with Gasteiger partial charge in [-0.2, -0.15) is 11.8 Å². The summed E-state index contributed by atoms with van der Waals surface area (Å²) >= 11 is 3.50. The van der Waals surface area contributed by atoms with Gasteiger partial charge in [-0.25, -0.2) is 0 Å². The Kier molecular flexibility index (Phi) is 4.26. The van der Waals surface area contributed by atoms with Crippen LogP contribution in [-0.4, -0.2) is 21.9 Å². The number of aromatic nitrogens is 2. The van der Waals surface area contributed by atoms with Crippen LogP contribution in [0.2, 0.25) is 0 Å². The maximum Gasteiger partial charge on any atom is 0.133 e. The van der Waals surface area contributed by atoms with Crippen molar-refractivity contribution in [3.8, 4) is 0 Å². The van der Waals surface area contributed by atoms with Crippen molar-refractivity contribution < 1.29 is 0 Å². The number of nitrogens with zero attached hydrogens (tertiary/aromatic N) is 2. The third kappa shape index (κ3) is 3.08. The highest BCUT2D eigenvalue weighted by Crippen LogP contribution is 2.32. The summed E-state index contributed by atoms with van der Waals surface area (Å²) in [4.78, 5) is 0. The van der Waals surface area contributed by atoms with Crippen LogP contribution in [0.1, 0.15) is 37.8 Å². The molecule has 1 aliphatic carbocycles. The summed E-state index contributed by atoms with van der Waals surface area (Å²) in [7, 11) is 1.93. The molecule has 0 atom stereocenters. The Labute approximate surface area is 99.2 Å². The SMILES string of the molecule is CNc1snnc1CSC1CCCCC1. The fraction of sp³-hybridized carbons (Fsp3) is 0.800. The van der Waals surface area contributed by atoms with Crippen LogP contribution in [-0.2, 0) is 5.75 Å². The molecule has 1 heterocycles. The minimum absolute atomic E-state index is 0.852. The molecular weight excluding hydrogens is 226 g/mol. The minimum Gasteiger partial charge on any atom is -0.377 e. The molecule has 0 saturated heterocycles. The second-order valence-electron chi connectivity index (χ2n) is 3.87. The van der Waals surface area contributed by atoms with E-state index in [-0.39, 0.29) is 0 Å². The van der Waals surface area contributed by atoms with Gasteiger partial charge in [0, 0.05) is 29.6 Å². The van der Waals surface area contributed by atoms with Gasteiger partial charge in [0.15, 0.2) is 0 Å². The summed E-state index contributed by atoms with van der Waals surface area (Å²) in [5.74, 6) is 1.01. The van der Waals surface area contributed by atoms with Crippen LogP contribution in [0.25, 0.3) is 0 Å². The molecule has 1 aliphatic rings. The van der Waals surface area contributed by atoms with E-state index in [0.717, 1.165) is 21.7 Å². The number of anilines is 1. The van der Waals surface area contributed by atoms with Gasteiger partial charge in [-0.3, -0.25) is 0 Å². The fourth-order valence-electron chi connectivity index (χ4n) is 1.92. The zero-order valence-corrected chi connectivity index (χ0v) is 10.7. The first-order valence-electron chi connectivity index (χ1n) is 5.50. The van der Waals surface area contributed by atoms with E-state index in [1.807, 2.05) is 18.8 Å². The van der Waals surface area contributed by atoms with Gasteiger partial charge >= 0.3 is 0 Å². The smallest absolute Gasteiger partial charge is 0.133 e. The van der Waals surface area contributed by atoms with Crippen molar-refractivity contribution in [1.29, 1.82) is 0 Å². The molecule has 0 spiro atoms. The second-order valence-corrected chi connectivity index (χ2v) is 5.91. The van der Waals surface area contributed by atoms with Crippen LogP contribution in [0.5, 0.6) is 0 Å². The minimum atomic E-state index is 0.852.